The van der Waals surface area contributed by atoms with Crippen LogP contribution in [-0.2, 0) is 14.3 Å². The van der Waals surface area contributed by atoms with Crippen LogP contribution in [0, 0.1) is 0 Å². The van der Waals surface area contributed by atoms with Crippen molar-refractivity contribution in [3.63, 3.8) is 0 Å². The van der Waals surface area contributed by atoms with E-state index in [1.54, 1.807) is 23.5 Å². The van der Waals surface area contributed by atoms with Gasteiger partial charge in [0.2, 0.25) is 11.7 Å². The van der Waals surface area contributed by atoms with Gasteiger partial charge < -0.3 is 19.9 Å². The molecule has 4 heterocycles. The molecule has 1 fully saturated rings. The van der Waals surface area contributed by atoms with Crippen LogP contribution in [0.1, 0.15) is 18.4 Å². The number of rotatable bonds is 4. The van der Waals surface area contributed by atoms with Gasteiger partial charge in [0.05, 0.1) is 6.10 Å². The van der Waals surface area contributed by atoms with Crippen LogP contribution in [0.3, 0.4) is 0 Å². The summed E-state index contributed by atoms with van der Waals surface area (Å²) >= 11 is 0. The fraction of sp³-hybridized carbons (Fsp3) is 0.278. The van der Waals surface area contributed by atoms with E-state index >= 15 is 0 Å². The summed E-state index contributed by atoms with van der Waals surface area (Å²) in [6.07, 6.45) is 5.57. The fourth-order valence-corrected chi connectivity index (χ4v) is 3.16. The molecular formula is C18H18N4O5. The van der Waals surface area contributed by atoms with Crippen molar-refractivity contribution >= 4 is 28.9 Å². The smallest absolute Gasteiger partial charge is 0.345 e. The first-order valence-electron chi connectivity index (χ1n) is 8.56. The van der Waals surface area contributed by atoms with Crippen LogP contribution in [0.25, 0.3) is 17.1 Å². The quantitative estimate of drug-likeness (QED) is 0.459. The Morgan fingerprint density at radius 1 is 1.41 bits per heavy atom. The maximum Gasteiger partial charge on any atom is 0.345 e. The Kier molecular flexibility index (Phi) is 4.38. The van der Waals surface area contributed by atoms with Crippen molar-refractivity contribution in [1.29, 1.82) is 0 Å². The Labute approximate surface area is 153 Å². The number of aliphatic carboxylic acids is 1. The molecule has 0 amide bonds. The van der Waals surface area contributed by atoms with Crippen LogP contribution < -0.4 is 5.43 Å². The Morgan fingerprint density at radius 2 is 2.19 bits per heavy atom. The number of ether oxygens (including phenoxy) is 1. The Bertz CT molecular complexity index is 969. The van der Waals surface area contributed by atoms with Crippen LogP contribution in [0.4, 0.5) is 0 Å². The lowest BCUT2D eigenvalue weighted by atomic mass is 10.1. The second-order valence-corrected chi connectivity index (χ2v) is 6.42. The number of hydrogen-bond acceptors (Lipinski definition) is 7. The van der Waals surface area contributed by atoms with Gasteiger partial charge in [-0.25, -0.2) is 14.8 Å². The molecular weight excluding hydrogens is 352 g/mol. The van der Waals surface area contributed by atoms with E-state index in [0.717, 1.165) is 5.39 Å². The molecule has 0 aromatic carbocycles. The first-order valence-corrected chi connectivity index (χ1v) is 8.56. The van der Waals surface area contributed by atoms with Crippen LogP contribution in [0.5, 0.6) is 0 Å². The standard InChI is InChI=1S/C18H18N4O5/c23-11-3-6-22(7-4-11)21-17-14(18(25)26)15(24)13(27-17)8-10-9-20-16-12(10)2-1-5-19-16/h1-2,5,8-9,11,21,23H,3-4,6-7H2,(H,19,20)(H,25,26)/b13-8-. The molecule has 0 radical (unpaired) electrons. The van der Waals surface area contributed by atoms with Gasteiger partial charge in [-0.3, -0.25) is 10.2 Å². The number of aromatic nitrogens is 2. The predicted molar refractivity (Wildman–Crippen MR) is 94.8 cm³/mol. The summed E-state index contributed by atoms with van der Waals surface area (Å²) in [6, 6.07) is 3.61. The molecule has 4 rings (SSSR count). The Morgan fingerprint density at radius 3 is 2.93 bits per heavy atom. The van der Waals surface area contributed by atoms with Crippen molar-refractivity contribution in [2.75, 3.05) is 13.1 Å². The van der Waals surface area contributed by atoms with E-state index in [1.807, 2.05) is 6.07 Å². The molecule has 0 aliphatic carbocycles. The summed E-state index contributed by atoms with van der Waals surface area (Å²) in [4.78, 5) is 31.3. The number of nitrogens with zero attached hydrogens (tertiary/aromatic N) is 2. The summed E-state index contributed by atoms with van der Waals surface area (Å²) in [5, 5.41) is 21.5. The van der Waals surface area contributed by atoms with Gasteiger partial charge in [-0.15, -0.1) is 0 Å². The number of aliphatic hydroxyl groups excluding tert-OH is 1. The van der Waals surface area contributed by atoms with Crippen molar-refractivity contribution in [3.05, 3.63) is 47.3 Å². The molecule has 9 heteroatoms. The van der Waals surface area contributed by atoms with E-state index < -0.39 is 17.3 Å². The molecule has 0 saturated carbocycles. The minimum Gasteiger partial charge on any atom is -0.477 e. The third-order valence-electron chi connectivity index (χ3n) is 4.60. The summed E-state index contributed by atoms with van der Waals surface area (Å²) < 4.78 is 5.56. The normalized spacial score (nSPS) is 20.5. The van der Waals surface area contributed by atoms with Gasteiger partial charge in [-0.05, 0) is 31.1 Å². The monoisotopic (exact) mass is 370 g/mol. The van der Waals surface area contributed by atoms with E-state index in [9.17, 15) is 19.8 Å². The molecule has 9 nitrogen and oxygen atoms in total. The number of carboxylic acids is 1. The number of Topliss-reactive ketones (excluding diaryl/α,β-unsaturated/α-hetero) is 1. The van der Waals surface area contributed by atoms with Crippen molar-refractivity contribution in [2.45, 2.75) is 18.9 Å². The number of fused-ring (bicyclic) bond motifs is 1. The zero-order valence-electron chi connectivity index (χ0n) is 14.3. The first-order chi connectivity index (χ1) is 13.0. The number of hydrazine groups is 1. The molecule has 140 valence electrons. The van der Waals surface area contributed by atoms with Gasteiger partial charge in [-0.2, -0.15) is 0 Å². The number of carboxylic acid groups (broad SMARTS) is 1. The number of aliphatic hydroxyl groups is 1. The molecule has 2 aliphatic heterocycles. The number of carbonyl (C=O) groups excluding carboxylic acids is 1. The van der Waals surface area contributed by atoms with E-state index in [2.05, 4.69) is 15.4 Å². The van der Waals surface area contributed by atoms with E-state index in [0.29, 0.717) is 37.1 Å². The molecule has 0 spiro atoms. The number of allylic oxidation sites excluding steroid dienone is 1. The molecule has 27 heavy (non-hydrogen) atoms. The van der Waals surface area contributed by atoms with Gasteiger partial charge in [0.15, 0.2) is 11.3 Å². The maximum absolute atomic E-state index is 12.6. The minimum atomic E-state index is -1.36. The second-order valence-electron chi connectivity index (χ2n) is 6.42. The number of nitrogens with one attached hydrogen (secondary N) is 2. The largest absolute Gasteiger partial charge is 0.477 e. The molecule has 0 atom stereocenters. The number of carbonyl (C=O) groups is 2. The highest BCUT2D eigenvalue weighted by Gasteiger charge is 2.37. The lowest BCUT2D eigenvalue weighted by molar-refractivity contribution is -0.134. The van der Waals surface area contributed by atoms with Gasteiger partial charge in [0.1, 0.15) is 5.65 Å². The lowest BCUT2D eigenvalue weighted by Crippen LogP contribution is -2.44. The maximum atomic E-state index is 12.6. The Hall–Kier alpha value is -3.17. The van der Waals surface area contributed by atoms with Crippen LogP contribution >= 0.6 is 0 Å². The predicted octanol–water partition coefficient (Wildman–Crippen LogP) is 0.761. The van der Waals surface area contributed by atoms with Gasteiger partial charge >= 0.3 is 5.97 Å². The van der Waals surface area contributed by atoms with E-state index in [-0.39, 0.29) is 17.7 Å². The fourth-order valence-electron chi connectivity index (χ4n) is 3.16. The summed E-state index contributed by atoms with van der Waals surface area (Å²) in [7, 11) is 0. The Balaban J connectivity index is 1.60. The van der Waals surface area contributed by atoms with Crippen molar-refractivity contribution in [1.82, 2.24) is 20.4 Å². The highest BCUT2D eigenvalue weighted by molar-refractivity contribution is 6.26. The lowest BCUT2D eigenvalue weighted by Gasteiger charge is -2.30. The number of ketones is 1. The molecule has 2 aromatic rings. The summed E-state index contributed by atoms with van der Waals surface area (Å²) in [6.45, 7) is 1.03. The average Bonchev–Trinajstić information content (AvgIpc) is 3.19. The number of aromatic amines is 1. The zero-order valence-corrected chi connectivity index (χ0v) is 14.3. The average molecular weight is 370 g/mol. The third kappa shape index (κ3) is 3.29. The highest BCUT2D eigenvalue weighted by Crippen LogP contribution is 2.28. The summed E-state index contributed by atoms with van der Waals surface area (Å²) in [5.41, 5.74) is 3.76. The molecule has 1 saturated heterocycles. The molecule has 2 aliphatic rings. The highest BCUT2D eigenvalue weighted by atomic mass is 16.5. The van der Waals surface area contributed by atoms with Crippen molar-refractivity contribution in [2.24, 2.45) is 0 Å². The molecule has 2 aromatic heterocycles. The molecule has 0 bridgehead atoms. The summed E-state index contributed by atoms with van der Waals surface area (Å²) in [5.74, 6) is -2.23. The zero-order chi connectivity index (χ0) is 19.0. The molecule has 0 unspecified atom stereocenters. The second kappa shape index (κ2) is 6.86. The van der Waals surface area contributed by atoms with Crippen LogP contribution in [0.15, 0.2) is 41.7 Å². The molecule has 4 N–H and O–H groups in total. The number of pyridine rings is 1. The van der Waals surface area contributed by atoms with Crippen LogP contribution in [-0.4, -0.2) is 56.1 Å². The van der Waals surface area contributed by atoms with Gasteiger partial charge in [-0.1, -0.05) is 0 Å². The number of H-pyrrole nitrogens is 1. The number of piperidine rings is 1. The first kappa shape index (κ1) is 17.3. The van der Waals surface area contributed by atoms with Crippen molar-refractivity contribution in [3.8, 4) is 0 Å². The van der Waals surface area contributed by atoms with Crippen molar-refractivity contribution < 1.29 is 24.5 Å². The number of hydrogen-bond donors (Lipinski definition) is 4. The van der Waals surface area contributed by atoms with Gasteiger partial charge in [0, 0.05) is 36.4 Å². The SMILES string of the molecule is O=C(O)C1=C(NN2CCC(O)CC2)O/C(=C\c2c[nH]c3ncccc23)C1=O. The third-order valence-corrected chi connectivity index (χ3v) is 4.60. The van der Waals surface area contributed by atoms with E-state index in [1.165, 1.54) is 6.08 Å². The van der Waals surface area contributed by atoms with Gasteiger partial charge in [0.25, 0.3) is 0 Å². The van der Waals surface area contributed by atoms with E-state index in [4.69, 9.17) is 4.74 Å². The minimum absolute atomic E-state index is 0.0725. The van der Waals surface area contributed by atoms with Crippen LogP contribution in [0.2, 0.25) is 0 Å². The topological polar surface area (TPSA) is 128 Å².